The zero-order valence-electron chi connectivity index (χ0n) is 12.1. The first kappa shape index (κ1) is 13.8. The third kappa shape index (κ3) is 1.69. The predicted molar refractivity (Wildman–Crippen MR) is 84.8 cm³/mol. The molecule has 112 valence electrons. The van der Waals surface area contributed by atoms with Crippen molar-refractivity contribution in [2.45, 2.75) is 36.8 Å². The number of aromatic hydroxyl groups is 1. The standard InChI is InChI=1S/C17H15FN2OS/c1-9-14-11(3-2-4-13(14)21)17(15(9)18)6-5-10-8-19-16(22)20-12(10)7-17/h2-4,8,21H,5-7H2,1H3,(H,19,20,22)/t17-/m1/s1. The number of hydrogen-bond acceptors (Lipinski definition) is 4. The summed E-state index contributed by atoms with van der Waals surface area (Å²) in [4.78, 5) is 8.50. The van der Waals surface area contributed by atoms with Gasteiger partial charge < -0.3 is 5.11 Å². The van der Waals surface area contributed by atoms with E-state index in [1.807, 2.05) is 6.07 Å². The molecule has 4 rings (SSSR count). The van der Waals surface area contributed by atoms with Crippen LogP contribution in [0.2, 0.25) is 0 Å². The molecule has 0 bridgehead atoms. The van der Waals surface area contributed by atoms with Crippen LogP contribution in [0.5, 0.6) is 5.75 Å². The van der Waals surface area contributed by atoms with E-state index in [4.69, 9.17) is 0 Å². The normalized spacial score (nSPS) is 22.9. The number of allylic oxidation sites excluding steroid dienone is 2. The molecule has 2 aromatic rings. The van der Waals surface area contributed by atoms with E-state index in [9.17, 15) is 5.11 Å². The maximum atomic E-state index is 15.1. The van der Waals surface area contributed by atoms with E-state index in [2.05, 4.69) is 22.6 Å². The van der Waals surface area contributed by atoms with Crippen LogP contribution in [-0.2, 0) is 18.3 Å². The molecule has 0 fully saturated rings. The SMILES string of the molecule is CC1=C(F)[C@@]2(CCc3cnc(S)nc3C2)c2cccc(O)c21. The Balaban J connectivity index is 1.92. The van der Waals surface area contributed by atoms with Gasteiger partial charge in [0.2, 0.25) is 0 Å². The Labute approximate surface area is 133 Å². The molecule has 0 unspecified atom stereocenters. The van der Waals surface area contributed by atoms with E-state index in [1.165, 1.54) is 0 Å². The average Bonchev–Trinajstić information content (AvgIpc) is 2.71. The Morgan fingerprint density at radius 1 is 1.36 bits per heavy atom. The van der Waals surface area contributed by atoms with Crippen molar-refractivity contribution in [3.05, 3.63) is 52.6 Å². The molecule has 1 aromatic carbocycles. The Morgan fingerprint density at radius 2 is 2.18 bits per heavy atom. The van der Waals surface area contributed by atoms with Gasteiger partial charge in [0.1, 0.15) is 11.6 Å². The van der Waals surface area contributed by atoms with Gasteiger partial charge in [0.05, 0.1) is 5.41 Å². The number of benzene rings is 1. The molecule has 1 heterocycles. The summed E-state index contributed by atoms with van der Waals surface area (Å²) >= 11 is 4.19. The summed E-state index contributed by atoms with van der Waals surface area (Å²) in [5, 5.41) is 10.5. The number of phenols is 1. The van der Waals surface area contributed by atoms with Crippen LogP contribution < -0.4 is 0 Å². The molecule has 1 N–H and O–H groups in total. The summed E-state index contributed by atoms with van der Waals surface area (Å²) < 4.78 is 15.1. The lowest BCUT2D eigenvalue weighted by Crippen LogP contribution is -2.33. The van der Waals surface area contributed by atoms with Crippen LogP contribution in [0.15, 0.2) is 35.4 Å². The molecular weight excluding hydrogens is 299 g/mol. The molecule has 22 heavy (non-hydrogen) atoms. The maximum absolute atomic E-state index is 15.1. The molecule has 2 aliphatic carbocycles. The van der Waals surface area contributed by atoms with Gasteiger partial charge in [0.15, 0.2) is 5.16 Å². The fraction of sp³-hybridized carbons (Fsp3) is 0.294. The quantitative estimate of drug-likeness (QED) is 0.577. The Bertz CT molecular complexity index is 833. The number of halogens is 1. The monoisotopic (exact) mass is 314 g/mol. The number of fused-ring (bicyclic) bond motifs is 3. The summed E-state index contributed by atoms with van der Waals surface area (Å²) in [6.07, 6.45) is 3.65. The number of thiol groups is 1. The number of nitrogens with zero attached hydrogens (tertiary/aromatic N) is 2. The Kier molecular flexibility index (Phi) is 2.85. The van der Waals surface area contributed by atoms with Crippen LogP contribution in [0.3, 0.4) is 0 Å². The fourth-order valence-corrected chi connectivity index (χ4v) is 4.03. The highest BCUT2D eigenvalue weighted by molar-refractivity contribution is 7.80. The van der Waals surface area contributed by atoms with Crippen molar-refractivity contribution in [2.24, 2.45) is 0 Å². The second kappa shape index (κ2) is 4.56. The minimum Gasteiger partial charge on any atom is -0.507 e. The highest BCUT2D eigenvalue weighted by atomic mass is 32.1. The number of rotatable bonds is 0. The molecule has 1 spiro atoms. The summed E-state index contributed by atoms with van der Waals surface area (Å²) in [5.41, 5.74) is 3.25. The van der Waals surface area contributed by atoms with E-state index >= 15 is 4.39 Å². The van der Waals surface area contributed by atoms with Crippen LogP contribution in [-0.4, -0.2) is 15.1 Å². The molecule has 2 aliphatic rings. The van der Waals surface area contributed by atoms with Crippen molar-refractivity contribution in [2.75, 3.05) is 0 Å². The smallest absolute Gasteiger partial charge is 0.184 e. The topological polar surface area (TPSA) is 46.0 Å². The van der Waals surface area contributed by atoms with Crippen molar-refractivity contribution in [3.63, 3.8) is 0 Å². The molecule has 1 atom stereocenters. The van der Waals surface area contributed by atoms with Crippen molar-refractivity contribution in [1.82, 2.24) is 9.97 Å². The summed E-state index contributed by atoms with van der Waals surface area (Å²) in [7, 11) is 0. The van der Waals surface area contributed by atoms with E-state index < -0.39 is 5.41 Å². The number of aryl methyl sites for hydroxylation is 1. The molecule has 0 radical (unpaired) electrons. The Morgan fingerprint density at radius 3 is 3.00 bits per heavy atom. The van der Waals surface area contributed by atoms with Gasteiger partial charge in [-0.25, -0.2) is 14.4 Å². The van der Waals surface area contributed by atoms with Crippen LogP contribution in [0.25, 0.3) is 5.57 Å². The first-order chi connectivity index (χ1) is 10.5. The Hall–Kier alpha value is -1.88. The molecule has 0 amide bonds. The zero-order valence-corrected chi connectivity index (χ0v) is 13.0. The van der Waals surface area contributed by atoms with Crippen LogP contribution in [0, 0.1) is 0 Å². The highest BCUT2D eigenvalue weighted by Gasteiger charge is 2.48. The van der Waals surface area contributed by atoms with Gasteiger partial charge in [-0.3, -0.25) is 0 Å². The molecular formula is C17H15FN2OS. The van der Waals surface area contributed by atoms with Crippen molar-refractivity contribution < 1.29 is 9.50 Å². The zero-order chi connectivity index (χ0) is 15.5. The van der Waals surface area contributed by atoms with Gasteiger partial charge in [-0.15, -0.1) is 12.6 Å². The van der Waals surface area contributed by atoms with Gasteiger partial charge in [0.25, 0.3) is 0 Å². The highest BCUT2D eigenvalue weighted by Crippen LogP contribution is 2.55. The maximum Gasteiger partial charge on any atom is 0.184 e. The van der Waals surface area contributed by atoms with Crippen LogP contribution >= 0.6 is 12.6 Å². The second-order valence-corrected chi connectivity index (χ2v) is 6.44. The predicted octanol–water partition coefficient (Wildman–Crippen LogP) is 3.61. The van der Waals surface area contributed by atoms with Crippen LogP contribution in [0.1, 0.15) is 35.7 Å². The summed E-state index contributed by atoms with van der Waals surface area (Å²) in [6, 6.07) is 5.31. The lowest BCUT2D eigenvalue weighted by atomic mass is 9.70. The number of aromatic nitrogens is 2. The van der Waals surface area contributed by atoms with E-state index in [1.54, 1.807) is 25.3 Å². The second-order valence-electron chi connectivity index (χ2n) is 6.04. The number of hydrogen-bond donors (Lipinski definition) is 2. The lowest BCUT2D eigenvalue weighted by Gasteiger charge is -2.34. The first-order valence-corrected chi connectivity index (χ1v) is 7.71. The van der Waals surface area contributed by atoms with Crippen molar-refractivity contribution in [1.29, 1.82) is 0 Å². The lowest BCUT2D eigenvalue weighted by molar-refractivity contribution is 0.357. The number of phenolic OH excluding ortho intramolecular Hbond substituents is 1. The van der Waals surface area contributed by atoms with Crippen molar-refractivity contribution in [3.8, 4) is 5.75 Å². The van der Waals surface area contributed by atoms with Crippen LogP contribution in [0.4, 0.5) is 4.39 Å². The summed E-state index contributed by atoms with van der Waals surface area (Å²) in [6.45, 7) is 1.74. The third-order valence-electron chi connectivity index (χ3n) is 4.91. The van der Waals surface area contributed by atoms with Crippen molar-refractivity contribution >= 4 is 18.2 Å². The van der Waals surface area contributed by atoms with Gasteiger partial charge >= 0.3 is 0 Å². The minimum absolute atomic E-state index is 0.144. The minimum atomic E-state index is -0.709. The fourth-order valence-electron chi connectivity index (χ4n) is 3.85. The first-order valence-electron chi connectivity index (χ1n) is 7.26. The summed E-state index contributed by atoms with van der Waals surface area (Å²) in [5.74, 6) is -0.000583. The van der Waals surface area contributed by atoms with E-state index in [0.717, 1.165) is 23.2 Å². The van der Waals surface area contributed by atoms with E-state index in [0.29, 0.717) is 29.1 Å². The molecule has 3 nitrogen and oxygen atoms in total. The molecule has 5 heteroatoms. The molecule has 0 aliphatic heterocycles. The van der Waals surface area contributed by atoms with E-state index in [-0.39, 0.29) is 11.6 Å². The van der Waals surface area contributed by atoms with Gasteiger partial charge in [-0.2, -0.15) is 0 Å². The molecule has 0 saturated carbocycles. The average molecular weight is 314 g/mol. The van der Waals surface area contributed by atoms with Gasteiger partial charge in [0, 0.05) is 23.9 Å². The molecule has 1 aromatic heterocycles. The third-order valence-corrected chi connectivity index (χ3v) is 5.13. The van der Waals surface area contributed by atoms with Gasteiger partial charge in [-0.1, -0.05) is 12.1 Å². The van der Waals surface area contributed by atoms with Gasteiger partial charge in [-0.05, 0) is 42.5 Å². The largest absolute Gasteiger partial charge is 0.507 e. The molecule has 0 saturated heterocycles.